The second-order valence-corrected chi connectivity index (χ2v) is 5.20. The zero-order valence-corrected chi connectivity index (χ0v) is 13.7. The molecule has 0 atom stereocenters. The lowest BCUT2D eigenvalue weighted by molar-refractivity contribution is -0.131. The Morgan fingerprint density at radius 3 is 2.62 bits per heavy atom. The highest BCUT2D eigenvalue weighted by atomic mass is 79.9. The van der Waals surface area contributed by atoms with Gasteiger partial charge in [0.25, 0.3) is 0 Å². The molecule has 0 saturated heterocycles. The number of carboxylic acid groups (broad SMARTS) is 1. The fraction of sp³-hybridized carbons (Fsp3) is 0.333. The molecule has 0 unspecified atom stereocenters. The Hall–Kier alpha value is -1.82. The second kappa shape index (κ2) is 8.46. The molecule has 1 aromatic rings. The maximum absolute atomic E-state index is 11.7. The normalized spacial score (nSPS) is 10.6. The van der Waals surface area contributed by atoms with Crippen LogP contribution in [0.15, 0.2) is 28.7 Å². The SMILES string of the molecule is CCNC(=O)CN(CC)c1ccc(/C=C/C(=O)O)cc1Br. The van der Waals surface area contributed by atoms with Crippen LogP contribution in [0.1, 0.15) is 19.4 Å². The summed E-state index contributed by atoms with van der Waals surface area (Å²) in [6, 6.07) is 5.52. The van der Waals surface area contributed by atoms with Gasteiger partial charge in [-0.3, -0.25) is 4.79 Å². The van der Waals surface area contributed by atoms with Crippen LogP contribution in [0.3, 0.4) is 0 Å². The largest absolute Gasteiger partial charge is 0.478 e. The first kappa shape index (κ1) is 17.2. The van der Waals surface area contributed by atoms with Crippen LogP contribution < -0.4 is 10.2 Å². The summed E-state index contributed by atoms with van der Waals surface area (Å²) in [5.41, 5.74) is 1.68. The van der Waals surface area contributed by atoms with Crippen LogP contribution in [0, 0.1) is 0 Å². The Morgan fingerprint density at radius 2 is 2.10 bits per heavy atom. The molecule has 0 spiro atoms. The van der Waals surface area contributed by atoms with Gasteiger partial charge in [0.2, 0.25) is 5.91 Å². The quantitative estimate of drug-likeness (QED) is 0.738. The third kappa shape index (κ3) is 5.59. The maximum Gasteiger partial charge on any atom is 0.328 e. The Labute approximate surface area is 132 Å². The predicted molar refractivity (Wildman–Crippen MR) is 87.4 cm³/mol. The summed E-state index contributed by atoms with van der Waals surface area (Å²) in [6.07, 6.45) is 2.62. The minimum Gasteiger partial charge on any atom is -0.478 e. The highest BCUT2D eigenvalue weighted by molar-refractivity contribution is 9.10. The molecule has 1 amide bonds. The van der Waals surface area contributed by atoms with Crippen molar-refractivity contribution in [2.24, 2.45) is 0 Å². The molecule has 0 aliphatic carbocycles. The van der Waals surface area contributed by atoms with E-state index in [4.69, 9.17) is 5.11 Å². The Bertz CT molecular complexity index is 544. The van der Waals surface area contributed by atoms with Gasteiger partial charge < -0.3 is 15.3 Å². The lowest BCUT2D eigenvalue weighted by Gasteiger charge is -2.23. The molecule has 2 N–H and O–H groups in total. The highest BCUT2D eigenvalue weighted by Crippen LogP contribution is 2.27. The molecule has 5 nitrogen and oxygen atoms in total. The molecular formula is C15H19BrN2O3. The molecule has 1 aromatic carbocycles. The van der Waals surface area contributed by atoms with Crippen molar-refractivity contribution in [2.45, 2.75) is 13.8 Å². The molecule has 21 heavy (non-hydrogen) atoms. The predicted octanol–water partition coefficient (Wildman–Crippen LogP) is 2.51. The Morgan fingerprint density at radius 1 is 1.38 bits per heavy atom. The first-order valence-corrected chi connectivity index (χ1v) is 7.49. The van der Waals surface area contributed by atoms with Crippen molar-refractivity contribution in [2.75, 3.05) is 24.5 Å². The number of carbonyl (C=O) groups is 2. The van der Waals surface area contributed by atoms with Crippen molar-refractivity contribution in [3.63, 3.8) is 0 Å². The minimum absolute atomic E-state index is 0.0268. The fourth-order valence-corrected chi connectivity index (χ4v) is 2.49. The van der Waals surface area contributed by atoms with Crippen LogP contribution in [-0.4, -0.2) is 36.6 Å². The molecule has 1 rings (SSSR count). The van der Waals surface area contributed by atoms with Crippen LogP contribution in [0.5, 0.6) is 0 Å². The Balaban J connectivity index is 2.91. The summed E-state index contributed by atoms with van der Waals surface area (Å²) in [5, 5.41) is 11.4. The molecule has 0 radical (unpaired) electrons. The number of hydrogen-bond acceptors (Lipinski definition) is 3. The number of amides is 1. The van der Waals surface area contributed by atoms with Crippen LogP contribution in [0.2, 0.25) is 0 Å². The van der Waals surface area contributed by atoms with Gasteiger partial charge in [-0.1, -0.05) is 6.07 Å². The number of likely N-dealkylation sites (N-methyl/N-ethyl adjacent to an activating group) is 2. The maximum atomic E-state index is 11.7. The van der Waals surface area contributed by atoms with Gasteiger partial charge in [0.05, 0.1) is 12.2 Å². The van der Waals surface area contributed by atoms with E-state index in [1.807, 2.05) is 36.9 Å². The van der Waals surface area contributed by atoms with Gasteiger partial charge in [-0.25, -0.2) is 4.79 Å². The topological polar surface area (TPSA) is 69.6 Å². The van der Waals surface area contributed by atoms with Crippen LogP contribution in [0.25, 0.3) is 6.08 Å². The second-order valence-electron chi connectivity index (χ2n) is 4.35. The van der Waals surface area contributed by atoms with E-state index in [0.717, 1.165) is 21.8 Å². The van der Waals surface area contributed by atoms with Crippen molar-refractivity contribution in [1.29, 1.82) is 0 Å². The smallest absolute Gasteiger partial charge is 0.328 e. The van der Waals surface area contributed by atoms with E-state index in [-0.39, 0.29) is 12.5 Å². The van der Waals surface area contributed by atoms with E-state index >= 15 is 0 Å². The van der Waals surface area contributed by atoms with Crippen molar-refractivity contribution < 1.29 is 14.7 Å². The molecular weight excluding hydrogens is 336 g/mol. The van der Waals surface area contributed by atoms with E-state index in [2.05, 4.69) is 21.2 Å². The Kier molecular flexibility index (Phi) is 6.94. The number of aliphatic carboxylic acids is 1. The third-order valence-electron chi connectivity index (χ3n) is 2.82. The monoisotopic (exact) mass is 354 g/mol. The van der Waals surface area contributed by atoms with Gasteiger partial charge in [-0.05, 0) is 53.5 Å². The number of carbonyl (C=O) groups excluding carboxylic acids is 1. The number of hydrogen-bond donors (Lipinski definition) is 2. The molecule has 114 valence electrons. The minimum atomic E-state index is -0.985. The summed E-state index contributed by atoms with van der Waals surface area (Å²) in [7, 11) is 0. The van der Waals surface area contributed by atoms with Crippen molar-refractivity contribution in [3.05, 3.63) is 34.3 Å². The van der Waals surface area contributed by atoms with Gasteiger partial charge in [0.15, 0.2) is 0 Å². The number of benzene rings is 1. The summed E-state index contributed by atoms with van der Waals surface area (Å²) >= 11 is 3.47. The van der Waals surface area contributed by atoms with E-state index in [0.29, 0.717) is 13.1 Å². The van der Waals surface area contributed by atoms with E-state index in [1.54, 1.807) is 0 Å². The van der Waals surface area contributed by atoms with Gasteiger partial charge in [0.1, 0.15) is 0 Å². The number of halogens is 1. The molecule has 0 heterocycles. The highest BCUT2D eigenvalue weighted by Gasteiger charge is 2.12. The zero-order valence-electron chi connectivity index (χ0n) is 12.1. The molecule has 0 aliphatic rings. The van der Waals surface area contributed by atoms with Crippen molar-refractivity contribution in [3.8, 4) is 0 Å². The average Bonchev–Trinajstić information content (AvgIpc) is 2.43. The molecule has 6 heteroatoms. The molecule has 0 saturated carbocycles. The average molecular weight is 355 g/mol. The third-order valence-corrected chi connectivity index (χ3v) is 3.46. The van der Waals surface area contributed by atoms with Gasteiger partial charge in [-0.15, -0.1) is 0 Å². The summed E-state index contributed by atoms with van der Waals surface area (Å²) in [6.45, 7) is 5.45. The standard InChI is InChI=1S/C15H19BrN2O3/c1-3-17-14(19)10-18(4-2)13-7-5-11(9-12(13)16)6-8-15(20)21/h5-9H,3-4,10H2,1-2H3,(H,17,19)(H,20,21)/b8-6+. The summed E-state index contributed by atoms with van der Waals surface area (Å²) < 4.78 is 0.821. The summed E-state index contributed by atoms with van der Waals surface area (Å²) in [5.74, 6) is -1.01. The van der Waals surface area contributed by atoms with Crippen molar-refractivity contribution >= 4 is 39.6 Å². The molecule has 0 bridgehead atoms. The van der Waals surface area contributed by atoms with E-state index < -0.39 is 5.97 Å². The lowest BCUT2D eigenvalue weighted by atomic mass is 10.2. The van der Waals surface area contributed by atoms with Crippen LogP contribution in [-0.2, 0) is 9.59 Å². The first-order chi connectivity index (χ1) is 9.97. The lowest BCUT2D eigenvalue weighted by Crippen LogP contribution is -2.37. The summed E-state index contributed by atoms with van der Waals surface area (Å²) in [4.78, 5) is 24.2. The van der Waals surface area contributed by atoms with E-state index in [1.165, 1.54) is 6.08 Å². The zero-order chi connectivity index (χ0) is 15.8. The van der Waals surface area contributed by atoms with Crippen LogP contribution in [0.4, 0.5) is 5.69 Å². The first-order valence-electron chi connectivity index (χ1n) is 6.70. The number of nitrogens with zero attached hydrogens (tertiary/aromatic N) is 1. The molecule has 0 aromatic heterocycles. The van der Waals surface area contributed by atoms with Gasteiger partial charge in [0, 0.05) is 23.6 Å². The van der Waals surface area contributed by atoms with E-state index in [9.17, 15) is 9.59 Å². The van der Waals surface area contributed by atoms with Crippen LogP contribution >= 0.6 is 15.9 Å². The number of nitrogens with one attached hydrogen (secondary N) is 1. The number of anilines is 1. The molecule has 0 aliphatic heterocycles. The van der Waals surface area contributed by atoms with Gasteiger partial charge in [-0.2, -0.15) is 0 Å². The van der Waals surface area contributed by atoms with Gasteiger partial charge >= 0.3 is 5.97 Å². The molecule has 0 fully saturated rings. The number of rotatable bonds is 7. The fourth-order valence-electron chi connectivity index (χ4n) is 1.84. The van der Waals surface area contributed by atoms with Crippen molar-refractivity contribution in [1.82, 2.24) is 5.32 Å². The number of carboxylic acids is 1.